The molecule has 1 unspecified atom stereocenters. The Balaban J connectivity index is 0.000000134. The number of unbranched alkanes of at least 4 members (excludes halogenated alkanes) is 4. The predicted octanol–water partition coefficient (Wildman–Crippen LogP) is 14.4. The van der Waals surface area contributed by atoms with Crippen LogP contribution < -0.4 is 43.6 Å². The van der Waals surface area contributed by atoms with Gasteiger partial charge < -0.3 is 68.7 Å². The number of ketones is 1. The maximum Gasteiger partial charge on any atom is 0.255 e. The van der Waals surface area contributed by atoms with Gasteiger partial charge in [0.05, 0.1) is 36.3 Å². The number of carbonyl (C=O) groups excluding carboxylic acids is 2. The quantitative estimate of drug-likeness (QED) is 0.00978. The zero-order valence-corrected chi connectivity index (χ0v) is 70.1. The van der Waals surface area contributed by atoms with Crippen LogP contribution in [0.15, 0.2) is 140 Å². The Morgan fingerprint density at radius 3 is 1.53 bits per heavy atom. The minimum Gasteiger partial charge on any atom is -0.486 e. The van der Waals surface area contributed by atoms with E-state index >= 15 is 0 Å². The number of carbonyl (C=O) groups is 2. The largest absolute Gasteiger partial charge is 0.486 e. The molecule has 0 aromatic heterocycles. The lowest BCUT2D eigenvalue weighted by molar-refractivity contribution is -0.536. The van der Waals surface area contributed by atoms with E-state index in [1.54, 1.807) is 36.4 Å². The standard InChI is InChI=1S/C24H37NO4.C23H22BrN.C15H20N2O5.C15H22N2O3.C9H8O3.C6H12N2O2/c1-2-3-4-5-6-9-21(26)16-20(18-25-12-7-8-13-25)24(27)19-10-11-22-23(17-19)29-15-14-28-22;24-21-12-6-10-19-15-18-14-13-16-7-4-5-11-20(16)22(18)23(25(19)21)17-8-2-1-3-9-17;18-15(12(17(19)20)10-16-5-1-2-6-16)11-3-4-13-14(9-11)22-8-7-21-13;16-12(10-17-5-1-2-6-17)15(18)11-3-4-13-14(9-11)20-8-7-19-13;10-6-7-1-2-8-9(5-7)12-4-3-11-8;9-8(10)6-5-7-3-1-2-4-7/h10-11,17,20,24,27H,2-9,12-16,18H2,1H3;1-5,7-9,11,13-14,19,21,23H,6,10,12,15H2;3-4,9,12,15,18H,1-2,5-8,10H2;3-4,9,12,15,18H,1-2,5-8,10,16H2;1-2,5-6H,3-4H2;1-6H2/t20-,24-;19?,21-,23-;2*12-,15-;;/m1011../s1. The summed E-state index contributed by atoms with van der Waals surface area (Å²) >= 11 is 4.01. The Morgan fingerprint density at radius 1 is 0.525 bits per heavy atom. The third-order valence-electron chi connectivity index (χ3n) is 23.7. The molecule has 10 aliphatic heterocycles. The average molecular weight is 1690 g/mol. The number of piperidine rings is 1. The molecule has 7 aromatic carbocycles. The summed E-state index contributed by atoms with van der Waals surface area (Å²) < 4.78 is 43.8. The zero-order chi connectivity index (χ0) is 82.5. The minimum absolute atomic E-state index is 0.0844. The van der Waals surface area contributed by atoms with Crippen molar-refractivity contribution >= 4 is 38.8 Å². The lowest BCUT2D eigenvalue weighted by Gasteiger charge is -2.49. The fourth-order valence-corrected chi connectivity index (χ4v) is 18.3. The Kier molecular flexibility index (Phi) is 34.4. The zero-order valence-electron chi connectivity index (χ0n) is 68.5. The van der Waals surface area contributed by atoms with Crippen LogP contribution in [0.4, 0.5) is 0 Å². The predicted molar refractivity (Wildman–Crippen MR) is 458 cm³/mol. The third-order valence-corrected chi connectivity index (χ3v) is 24.6. The van der Waals surface area contributed by atoms with Crippen molar-refractivity contribution in [2.24, 2.45) is 11.7 Å². The average Bonchev–Trinajstić information content (AvgIpc) is 0.931. The van der Waals surface area contributed by atoms with Crippen LogP contribution in [0.5, 0.6) is 46.0 Å². The Labute approximate surface area is 702 Å². The molecule has 5 fully saturated rings. The van der Waals surface area contributed by atoms with E-state index in [2.05, 4.69) is 109 Å². The maximum absolute atomic E-state index is 12.7. The van der Waals surface area contributed by atoms with Crippen molar-refractivity contribution in [3.8, 4) is 46.0 Å². The first-order valence-corrected chi connectivity index (χ1v) is 44.0. The van der Waals surface area contributed by atoms with Gasteiger partial charge >= 0.3 is 0 Å². The summed E-state index contributed by atoms with van der Waals surface area (Å²) in [5, 5.41) is 56.1. The summed E-state index contributed by atoms with van der Waals surface area (Å²) in [7, 11) is 0. The molecular weight excluding hydrogens is 1570 g/mol. The molecule has 9 atom stereocenters. The fourth-order valence-electron chi connectivity index (χ4n) is 17.5. The van der Waals surface area contributed by atoms with Gasteiger partial charge in [-0.2, -0.15) is 0 Å². The van der Waals surface area contributed by atoms with Crippen LogP contribution in [0.3, 0.4) is 0 Å². The first kappa shape index (κ1) is 88.7. The molecule has 5 N–H and O–H groups in total. The second-order valence-electron chi connectivity index (χ2n) is 32.2. The summed E-state index contributed by atoms with van der Waals surface area (Å²) in [4.78, 5) is 55.8. The van der Waals surface area contributed by atoms with Gasteiger partial charge in [-0.05, 0) is 235 Å². The number of nitrogens with two attached hydrogens (primary N) is 1. The Bertz CT molecular complexity index is 4310. The molecule has 0 saturated carbocycles. The molecule has 7 aromatic rings. The van der Waals surface area contributed by atoms with Gasteiger partial charge in [0, 0.05) is 59.3 Å². The molecule has 10 heterocycles. The van der Waals surface area contributed by atoms with E-state index in [1.807, 2.05) is 41.3 Å². The molecule has 0 bridgehead atoms. The number of likely N-dealkylation sites (tertiary alicyclic amines) is 4. The van der Waals surface area contributed by atoms with E-state index in [-0.39, 0.29) is 40.7 Å². The molecule has 10 aliphatic rings. The number of alkyl halides is 1. The fraction of sp³-hybridized carbons (Fsp3) is 0.543. The highest BCUT2D eigenvalue weighted by Crippen LogP contribution is 2.48. The monoisotopic (exact) mass is 1690 g/mol. The van der Waals surface area contributed by atoms with Crippen LogP contribution in [-0.4, -0.2) is 223 Å². The van der Waals surface area contributed by atoms with Crippen LogP contribution in [0.1, 0.15) is 191 Å². The van der Waals surface area contributed by atoms with E-state index in [0.717, 1.165) is 120 Å². The van der Waals surface area contributed by atoms with Gasteiger partial charge in [0.2, 0.25) is 6.54 Å². The van der Waals surface area contributed by atoms with Gasteiger partial charge in [-0.15, -0.1) is 0 Å². The number of ether oxygens (including phenoxy) is 8. The van der Waals surface area contributed by atoms with Crippen LogP contribution in [-0.2, 0) is 11.2 Å². The van der Waals surface area contributed by atoms with E-state index < -0.39 is 24.4 Å². The van der Waals surface area contributed by atoms with E-state index in [9.17, 15) is 45.1 Å². The molecule has 638 valence electrons. The van der Waals surface area contributed by atoms with Crippen molar-refractivity contribution in [3.63, 3.8) is 0 Å². The number of halogens is 1. The Morgan fingerprint density at radius 2 is 1.00 bits per heavy atom. The molecule has 25 nitrogen and oxygen atoms in total. The first-order valence-electron chi connectivity index (χ1n) is 43.0. The lowest BCUT2D eigenvalue weighted by Crippen LogP contribution is -2.50. The summed E-state index contributed by atoms with van der Waals surface area (Å²) in [6, 6.07) is 45.6. The number of hydrogen-bond donors (Lipinski definition) is 4. The number of nitro groups is 2. The first-order chi connectivity index (χ1) is 57.6. The van der Waals surface area contributed by atoms with Crippen molar-refractivity contribution in [1.82, 2.24) is 24.5 Å². The number of aliphatic hydroxyl groups excluding tert-OH is 3. The van der Waals surface area contributed by atoms with Gasteiger partial charge in [0.25, 0.3) is 6.04 Å². The SMILES string of the molecule is Br[C@@H]1CCCC2Cc3ccc4ccccc4c3[C@H](c3ccccc3)N21.CCCCCCCC(=O)C[C@H](CN1CCCC1)[C@H](O)c1ccc2c(c1)OCCO2.N[C@H](CN1CCCC1)[C@H](O)c1ccc2c(c1)OCCO2.O=Cc1ccc2c(c1)OCCO2.O=[N+]([O-])CCN1CCCC1.O=[N+]([O-])[C@H](CN1CCCC1)[C@H](O)c1ccc2c(c1)OCCO2. The summed E-state index contributed by atoms with van der Waals surface area (Å²) in [6.45, 7) is 17.1. The number of aldehydes is 1. The van der Waals surface area contributed by atoms with Crippen LogP contribution in [0.25, 0.3) is 10.8 Å². The number of benzene rings is 7. The molecule has 17 rings (SSSR count). The van der Waals surface area contributed by atoms with Crippen molar-refractivity contribution in [1.29, 1.82) is 0 Å². The van der Waals surface area contributed by atoms with Crippen molar-refractivity contribution in [3.05, 3.63) is 199 Å². The molecule has 26 heteroatoms. The second kappa shape index (κ2) is 45.7. The summed E-state index contributed by atoms with van der Waals surface area (Å²) in [5.41, 5.74) is 13.3. The van der Waals surface area contributed by atoms with Crippen LogP contribution in [0, 0.1) is 26.1 Å². The number of nitrogens with zero attached hydrogens (tertiary/aromatic N) is 7. The molecule has 0 amide bonds. The normalized spacial score (nSPS) is 20.7. The van der Waals surface area contributed by atoms with Crippen molar-refractivity contribution in [2.45, 2.75) is 176 Å². The third kappa shape index (κ3) is 25.3. The number of rotatable bonds is 26. The van der Waals surface area contributed by atoms with Gasteiger partial charge in [-0.1, -0.05) is 133 Å². The number of fused-ring (bicyclic) bond motifs is 8. The van der Waals surface area contributed by atoms with E-state index in [0.29, 0.717) is 135 Å². The highest BCUT2D eigenvalue weighted by Gasteiger charge is 2.42. The van der Waals surface area contributed by atoms with Crippen molar-refractivity contribution in [2.75, 3.05) is 138 Å². The summed E-state index contributed by atoms with van der Waals surface area (Å²) in [6.07, 6.45) is 19.6. The molecule has 0 aliphatic carbocycles. The van der Waals surface area contributed by atoms with Crippen molar-refractivity contribution < 1.29 is 72.7 Å². The lowest BCUT2D eigenvalue weighted by atomic mass is 9.79. The van der Waals surface area contributed by atoms with Gasteiger partial charge in [-0.3, -0.25) is 44.5 Å². The van der Waals surface area contributed by atoms with Gasteiger partial charge in [0.1, 0.15) is 71.0 Å². The molecule has 0 spiro atoms. The second-order valence-corrected chi connectivity index (χ2v) is 33.3. The molecule has 0 radical (unpaired) electrons. The minimum atomic E-state index is -1.16. The van der Waals surface area contributed by atoms with Gasteiger partial charge in [-0.25, -0.2) is 0 Å². The van der Waals surface area contributed by atoms with Gasteiger partial charge in [0.15, 0.2) is 46.0 Å². The number of Topliss-reactive ketones (excluding diaryl/α,β-unsaturated/α-hetero) is 1. The Hall–Kier alpha value is -8.54. The number of hydrogen-bond acceptors (Lipinski definition) is 23. The molecule has 5 saturated heterocycles. The molecular formula is C92H121BrN8O17. The maximum atomic E-state index is 12.7. The highest BCUT2D eigenvalue weighted by atomic mass is 79.9. The highest BCUT2D eigenvalue weighted by molar-refractivity contribution is 9.09. The topological polar surface area (TPSA) is 297 Å². The van der Waals surface area contributed by atoms with Crippen LogP contribution >= 0.6 is 15.9 Å². The van der Waals surface area contributed by atoms with E-state index in [1.165, 1.54) is 111 Å². The molecule has 118 heavy (non-hydrogen) atoms. The van der Waals surface area contributed by atoms with E-state index in [4.69, 9.17) is 43.6 Å². The van der Waals surface area contributed by atoms with Crippen LogP contribution in [0.2, 0.25) is 0 Å². The summed E-state index contributed by atoms with van der Waals surface area (Å²) in [5.74, 6) is 5.56. The smallest absolute Gasteiger partial charge is 0.255 e. The number of aliphatic hydroxyl groups is 3.